The van der Waals surface area contributed by atoms with Gasteiger partial charge in [-0.1, -0.05) is 17.7 Å². The van der Waals surface area contributed by atoms with E-state index in [0.29, 0.717) is 35.9 Å². The van der Waals surface area contributed by atoms with Crippen LogP contribution in [0.15, 0.2) is 41.4 Å². The molecule has 2 atom stereocenters. The smallest absolute Gasteiger partial charge is 0.407 e. The number of nitrogens with one attached hydrogen (secondary N) is 2. The van der Waals surface area contributed by atoms with Crippen molar-refractivity contribution >= 4 is 27.8 Å². The maximum atomic E-state index is 13.6. The van der Waals surface area contributed by atoms with Crippen molar-refractivity contribution in [3.05, 3.63) is 53.5 Å². The Morgan fingerprint density at radius 3 is 2.55 bits per heavy atom. The molecule has 0 radical (unpaired) electrons. The summed E-state index contributed by atoms with van der Waals surface area (Å²) < 4.78 is 39.1. The van der Waals surface area contributed by atoms with Crippen LogP contribution < -0.4 is 15.4 Å². The third-order valence-electron chi connectivity index (χ3n) is 7.10. The van der Waals surface area contributed by atoms with Gasteiger partial charge in [0.2, 0.25) is 5.88 Å². The fourth-order valence-electron chi connectivity index (χ4n) is 4.52. The number of aryl methyl sites for hydroxylation is 2. The third kappa shape index (κ3) is 5.45. The Morgan fingerprint density at radius 2 is 1.89 bits per heavy atom. The van der Waals surface area contributed by atoms with Gasteiger partial charge in [0.1, 0.15) is 11.9 Å². The Bertz CT molecular complexity index is 1450. The highest BCUT2D eigenvalue weighted by atomic mass is 32.2. The van der Waals surface area contributed by atoms with Gasteiger partial charge >= 0.3 is 6.09 Å². The minimum atomic E-state index is -4.01. The molecule has 0 aliphatic heterocycles. The number of alkyl carbamates (subject to hydrolysis) is 1. The van der Waals surface area contributed by atoms with Crippen molar-refractivity contribution in [2.45, 2.75) is 75.3 Å². The summed E-state index contributed by atoms with van der Waals surface area (Å²) in [5.74, 6) is 0.913. The van der Waals surface area contributed by atoms with Crippen molar-refractivity contribution in [2.75, 3.05) is 12.4 Å². The molecule has 202 valence electrons. The second kappa shape index (κ2) is 9.90. The average molecular weight is 541 g/mol. The van der Waals surface area contributed by atoms with Crippen LogP contribution >= 0.6 is 0 Å². The molecule has 2 saturated carbocycles. The van der Waals surface area contributed by atoms with Crippen molar-refractivity contribution < 1.29 is 22.7 Å². The Morgan fingerprint density at radius 1 is 1.16 bits per heavy atom. The van der Waals surface area contributed by atoms with Crippen molar-refractivity contribution in [1.29, 1.82) is 0 Å². The standard InChI is InChI=1S/C26H32N6O5S/c1-16-5-9-20(10-6-16)38(34,35)32-22(29-24-17(2)28-23(36-4)15-27-24)14-21(31-32)18-7-8-19(13-18)37-25(33)30-26(3)11-12-26/h5-6,9-10,14-15,18-19H,7-8,11-13H2,1-4H3,(H,27,29)(H,30,33)/t18-,19+/m0/s1. The summed E-state index contributed by atoms with van der Waals surface area (Å²) in [6.07, 6.45) is 4.66. The number of amides is 1. The first kappa shape index (κ1) is 26.0. The summed E-state index contributed by atoms with van der Waals surface area (Å²) in [6, 6.07) is 8.33. The van der Waals surface area contributed by atoms with E-state index in [1.165, 1.54) is 13.3 Å². The molecule has 2 fully saturated rings. The second-order valence-electron chi connectivity index (χ2n) is 10.3. The first-order chi connectivity index (χ1) is 18.1. The number of hydrogen-bond acceptors (Lipinski definition) is 9. The van der Waals surface area contributed by atoms with Gasteiger partial charge in [0.25, 0.3) is 10.0 Å². The Kier molecular flexibility index (Phi) is 6.76. The lowest BCUT2D eigenvalue weighted by atomic mass is 10.0. The normalized spacial score (nSPS) is 20.1. The van der Waals surface area contributed by atoms with E-state index in [0.717, 1.165) is 28.9 Å². The lowest BCUT2D eigenvalue weighted by molar-refractivity contribution is 0.0967. The molecule has 2 aliphatic rings. The van der Waals surface area contributed by atoms with Crippen LogP contribution in [0.1, 0.15) is 61.9 Å². The lowest BCUT2D eigenvalue weighted by Gasteiger charge is -2.16. The van der Waals surface area contributed by atoms with Gasteiger partial charge in [0, 0.05) is 17.5 Å². The van der Waals surface area contributed by atoms with Crippen LogP contribution in [-0.4, -0.2) is 52.4 Å². The predicted molar refractivity (Wildman–Crippen MR) is 140 cm³/mol. The first-order valence-electron chi connectivity index (χ1n) is 12.6. The number of nitrogens with zero attached hydrogens (tertiary/aromatic N) is 4. The van der Waals surface area contributed by atoms with E-state index in [4.69, 9.17) is 9.47 Å². The fraction of sp³-hybridized carbons (Fsp3) is 0.462. The highest BCUT2D eigenvalue weighted by molar-refractivity contribution is 7.90. The van der Waals surface area contributed by atoms with Gasteiger partial charge in [0.15, 0.2) is 5.82 Å². The first-order valence-corrected chi connectivity index (χ1v) is 14.1. The summed E-state index contributed by atoms with van der Waals surface area (Å²) in [7, 11) is -2.51. The lowest BCUT2D eigenvalue weighted by Crippen LogP contribution is -2.36. The van der Waals surface area contributed by atoms with E-state index < -0.39 is 16.1 Å². The van der Waals surface area contributed by atoms with E-state index in [-0.39, 0.29) is 28.3 Å². The zero-order valence-electron chi connectivity index (χ0n) is 21.9. The number of hydrogen-bond donors (Lipinski definition) is 2. The summed E-state index contributed by atoms with van der Waals surface area (Å²) in [6.45, 7) is 5.64. The topological polar surface area (TPSA) is 137 Å². The molecule has 0 saturated heterocycles. The van der Waals surface area contributed by atoms with Crippen LogP contribution in [0, 0.1) is 13.8 Å². The van der Waals surface area contributed by atoms with Crippen LogP contribution in [0.3, 0.4) is 0 Å². The Balaban J connectivity index is 1.42. The molecule has 3 aromatic rings. The Hall–Kier alpha value is -3.67. The number of benzene rings is 1. The molecule has 1 amide bonds. The predicted octanol–water partition coefficient (Wildman–Crippen LogP) is 4.19. The van der Waals surface area contributed by atoms with E-state index in [2.05, 4.69) is 25.7 Å². The number of rotatable bonds is 8. The highest BCUT2D eigenvalue weighted by Crippen LogP contribution is 2.38. The van der Waals surface area contributed by atoms with Crippen LogP contribution in [0.5, 0.6) is 5.88 Å². The third-order valence-corrected chi connectivity index (χ3v) is 8.71. The van der Waals surface area contributed by atoms with Crippen LogP contribution in [0.25, 0.3) is 0 Å². The molecule has 1 aromatic carbocycles. The van der Waals surface area contributed by atoms with Gasteiger partial charge < -0.3 is 20.1 Å². The van der Waals surface area contributed by atoms with E-state index in [1.54, 1.807) is 37.3 Å². The van der Waals surface area contributed by atoms with Crippen molar-refractivity contribution in [1.82, 2.24) is 24.5 Å². The van der Waals surface area contributed by atoms with Gasteiger partial charge in [-0.25, -0.2) is 14.8 Å². The molecule has 0 unspecified atom stereocenters. The van der Waals surface area contributed by atoms with E-state index in [9.17, 15) is 13.2 Å². The fourth-order valence-corrected chi connectivity index (χ4v) is 5.76. The van der Waals surface area contributed by atoms with Crippen LogP contribution in [0.2, 0.25) is 0 Å². The van der Waals surface area contributed by atoms with Crippen LogP contribution in [-0.2, 0) is 14.8 Å². The number of ether oxygens (including phenoxy) is 2. The van der Waals surface area contributed by atoms with Crippen molar-refractivity contribution in [2.24, 2.45) is 0 Å². The van der Waals surface area contributed by atoms with Gasteiger partial charge in [-0.15, -0.1) is 4.09 Å². The van der Waals surface area contributed by atoms with Gasteiger partial charge in [-0.3, -0.25) is 0 Å². The molecule has 12 heteroatoms. The highest BCUT2D eigenvalue weighted by Gasteiger charge is 2.40. The zero-order chi connectivity index (χ0) is 27.1. The maximum Gasteiger partial charge on any atom is 0.407 e. The van der Waals surface area contributed by atoms with E-state index in [1.807, 2.05) is 13.8 Å². The summed E-state index contributed by atoms with van der Waals surface area (Å²) >= 11 is 0. The van der Waals surface area contributed by atoms with E-state index >= 15 is 0 Å². The quantitative estimate of drug-likeness (QED) is 0.431. The number of anilines is 2. The zero-order valence-corrected chi connectivity index (χ0v) is 22.7. The van der Waals surface area contributed by atoms with Gasteiger partial charge in [-0.05, 0) is 65.0 Å². The van der Waals surface area contributed by atoms with Crippen LogP contribution in [0.4, 0.5) is 16.4 Å². The molecule has 2 N–H and O–H groups in total. The minimum Gasteiger partial charge on any atom is -0.480 e. The molecule has 2 aromatic heterocycles. The van der Waals surface area contributed by atoms with Gasteiger partial charge in [-0.2, -0.15) is 13.5 Å². The molecule has 38 heavy (non-hydrogen) atoms. The summed E-state index contributed by atoms with van der Waals surface area (Å²) in [4.78, 5) is 21.1. The minimum absolute atomic E-state index is 0.0672. The monoisotopic (exact) mass is 540 g/mol. The SMILES string of the molecule is COc1cnc(Nc2cc([C@H]3CC[C@@H](OC(=O)NC4(C)CC4)C3)nn2S(=O)(=O)c2ccc(C)cc2)c(C)n1. The second-order valence-corrected chi connectivity index (χ2v) is 12.1. The number of carbonyl (C=O) groups is 1. The molecular weight excluding hydrogens is 508 g/mol. The molecule has 0 spiro atoms. The van der Waals surface area contributed by atoms with Crippen molar-refractivity contribution in [3.8, 4) is 5.88 Å². The molecule has 5 rings (SSSR count). The maximum absolute atomic E-state index is 13.6. The van der Waals surface area contributed by atoms with Crippen molar-refractivity contribution in [3.63, 3.8) is 0 Å². The number of aromatic nitrogens is 4. The molecule has 2 heterocycles. The Labute approximate surface area is 222 Å². The molecule has 2 aliphatic carbocycles. The number of methoxy groups -OCH3 is 1. The summed E-state index contributed by atoms with van der Waals surface area (Å²) in [5, 5.41) is 10.6. The average Bonchev–Trinajstić information content (AvgIpc) is 3.24. The largest absolute Gasteiger partial charge is 0.480 e. The molecular formula is C26H32N6O5S. The molecule has 0 bridgehead atoms. The van der Waals surface area contributed by atoms with Gasteiger partial charge in [0.05, 0.1) is 29.6 Å². The summed E-state index contributed by atoms with van der Waals surface area (Å²) in [5.41, 5.74) is 1.93. The molecule has 11 nitrogen and oxygen atoms in total. The number of carbonyl (C=O) groups excluding carboxylic acids is 1.